The molecule has 0 aromatic heterocycles. The molecule has 0 aliphatic carbocycles. The number of nitrogens with zero attached hydrogens (tertiary/aromatic N) is 1. The smallest absolute Gasteiger partial charge is 0.319 e. The molecule has 0 unspecified atom stereocenters. The van der Waals surface area contributed by atoms with E-state index in [1.165, 1.54) is 24.3 Å². The van der Waals surface area contributed by atoms with Gasteiger partial charge in [-0.3, -0.25) is 10.1 Å². The molecule has 8 nitrogen and oxygen atoms in total. The Bertz CT molecular complexity index is 708. The standard InChI is InChI=1S/C16H17N3O5/c20-10-14(18-16(22)17-12-6-2-1-3-7-12)15(21)11-5-4-8-13(9-11)19(23)24/h1-9,14-15,20-21H,10H2,(H2,17,18,22)/t14-,15+/m0/s1. The number of rotatable bonds is 6. The molecular formula is C16H17N3O5. The van der Waals surface area contributed by atoms with Gasteiger partial charge in [0.2, 0.25) is 0 Å². The Balaban J connectivity index is 2.06. The second-order valence-corrected chi connectivity index (χ2v) is 5.05. The number of carbonyl (C=O) groups excluding carboxylic acids is 1. The van der Waals surface area contributed by atoms with Crippen molar-refractivity contribution in [3.8, 4) is 0 Å². The van der Waals surface area contributed by atoms with Gasteiger partial charge in [0.05, 0.1) is 17.6 Å². The molecule has 2 rings (SSSR count). The second kappa shape index (κ2) is 8.04. The summed E-state index contributed by atoms with van der Waals surface area (Å²) >= 11 is 0. The molecule has 126 valence electrons. The highest BCUT2D eigenvalue weighted by atomic mass is 16.6. The summed E-state index contributed by atoms with van der Waals surface area (Å²) in [5, 5.41) is 35.5. The van der Waals surface area contributed by atoms with Crippen LogP contribution >= 0.6 is 0 Å². The number of aliphatic hydroxyl groups excluding tert-OH is 2. The Hall–Kier alpha value is -2.97. The topological polar surface area (TPSA) is 125 Å². The van der Waals surface area contributed by atoms with E-state index < -0.39 is 29.7 Å². The molecule has 24 heavy (non-hydrogen) atoms. The summed E-state index contributed by atoms with van der Waals surface area (Å²) in [4.78, 5) is 22.1. The second-order valence-electron chi connectivity index (χ2n) is 5.05. The van der Waals surface area contributed by atoms with Gasteiger partial charge in [-0.2, -0.15) is 0 Å². The van der Waals surface area contributed by atoms with Gasteiger partial charge >= 0.3 is 6.03 Å². The highest BCUT2D eigenvalue weighted by Crippen LogP contribution is 2.21. The number of hydrogen-bond donors (Lipinski definition) is 4. The van der Waals surface area contributed by atoms with Crippen LogP contribution in [0.1, 0.15) is 11.7 Å². The van der Waals surface area contributed by atoms with Gasteiger partial charge in [0.25, 0.3) is 5.69 Å². The Morgan fingerprint density at radius 1 is 1.17 bits per heavy atom. The SMILES string of the molecule is O=C(Nc1ccccc1)N[C@@H](CO)[C@H](O)c1cccc([N+](=O)[O-])c1. The van der Waals surface area contributed by atoms with Crippen LogP contribution in [0.4, 0.5) is 16.2 Å². The van der Waals surface area contributed by atoms with Crippen LogP contribution in [0.15, 0.2) is 54.6 Å². The normalized spacial score (nSPS) is 12.9. The lowest BCUT2D eigenvalue weighted by atomic mass is 10.0. The van der Waals surface area contributed by atoms with E-state index in [9.17, 15) is 25.1 Å². The van der Waals surface area contributed by atoms with E-state index in [-0.39, 0.29) is 11.3 Å². The van der Waals surface area contributed by atoms with Crippen LogP contribution < -0.4 is 10.6 Å². The third kappa shape index (κ3) is 4.51. The minimum atomic E-state index is -1.29. The van der Waals surface area contributed by atoms with Crippen molar-refractivity contribution in [3.63, 3.8) is 0 Å². The number of benzene rings is 2. The van der Waals surface area contributed by atoms with Crippen molar-refractivity contribution in [2.45, 2.75) is 12.1 Å². The first-order valence-corrected chi connectivity index (χ1v) is 7.17. The van der Waals surface area contributed by atoms with Gasteiger partial charge in [-0.1, -0.05) is 30.3 Å². The first-order chi connectivity index (χ1) is 11.5. The van der Waals surface area contributed by atoms with E-state index in [0.717, 1.165) is 0 Å². The lowest BCUT2D eigenvalue weighted by Crippen LogP contribution is -2.44. The number of nitro benzene ring substituents is 1. The van der Waals surface area contributed by atoms with Crippen LogP contribution in [0, 0.1) is 10.1 Å². The van der Waals surface area contributed by atoms with Crippen LogP contribution in [-0.2, 0) is 0 Å². The van der Waals surface area contributed by atoms with Gasteiger partial charge in [-0.05, 0) is 17.7 Å². The maximum atomic E-state index is 11.9. The molecular weight excluding hydrogens is 314 g/mol. The number of anilines is 1. The molecule has 2 aromatic carbocycles. The average molecular weight is 331 g/mol. The third-order valence-corrected chi connectivity index (χ3v) is 3.35. The van der Waals surface area contributed by atoms with Crippen molar-refractivity contribution in [1.29, 1.82) is 0 Å². The van der Waals surface area contributed by atoms with E-state index >= 15 is 0 Å². The van der Waals surface area contributed by atoms with Crippen LogP contribution in [0.2, 0.25) is 0 Å². The molecule has 2 amide bonds. The molecule has 0 aliphatic heterocycles. The van der Waals surface area contributed by atoms with Crippen molar-refractivity contribution >= 4 is 17.4 Å². The van der Waals surface area contributed by atoms with E-state index in [2.05, 4.69) is 10.6 Å². The number of nitrogens with one attached hydrogen (secondary N) is 2. The Morgan fingerprint density at radius 3 is 2.50 bits per heavy atom. The number of urea groups is 1. The summed E-state index contributed by atoms with van der Waals surface area (Å²) in [6.45, 7) is -0.536. The zero-order chi connectivity index (χ0) is 17.5. The maximum Gasteiger partial charge on any atom is 0.319 e. The Labute approximate surface area is 137 Å². The van der Waals surface area contributed by atoms with Gasteiger partial charge in [-0.25, -0.2) is 4.79 Å². The number of amides is 2. The van der Waals surface area contributed by atoms with Crippen molar-refractivity contribution in [2.75, 3.05) is 11.9 Å². The largest absolute Gasteiger partial charge is 0.394 e. The number of non-ortho nitro benzene ring substituents is 1. The molecule has 0 aliphatic rings. The molecule has 8 heteroatoms. The number of carbonyl (C=O) groups is 1. The first kappa shape index (κ1) is 17.4. The molecule has 4 N–H and O–H groups in total. The van der Waals surface area contributed by atoms with Gasteiger partial charge in [-0.15, -0.1) is 0 Å². The highest BCUT2D eigenvalue weighted by molar-refractivity contribution is 5.89. The van der Waals surface area contributed by atoms with Crippen molar-refractivity contribution < 1.29 is 19.9 Å². The Kier molecular flexibility index (Phi) is 5.83. The summed E-state index contributed by atoms with van der Waals surface area (Å²) in [6.07, 6.45) is -1.29. The average Bonchev–Trinajstić information content (AvgIpc) is 2.60. The van der Waals surface area contributed by atoms with E-state index in [0.29, 0.717) is 5.69 Å². The van der Waals surface area contributed by atoms with Gasteiger partial charge in [0.1, 0.15) is 6.10 Å². The quantitative estimate of drug-likeness (QED) is 0.474. The monoisotopic (exact) mass is 331 g/mol. The molecule has 0 saturated carbocycles. The molecule has 0 bridgehead atoms. The molecule has 0 saturated heterocycles. The fourth-order valence-electron chi connectivity index (χ4n) is 2.14. The number of para-hydroxylation sites is 1. The van der Waals surface area contributed by atoms with E-state index in [1.807, 2.05) is 0 Å². The van der Waals surface area contributed by atoms with E-state index in [1.54, 1.807) is 30.3 Å². The lowest BCUT2D eigenvalue weighted by Gasteiger charge is -2.22. The molecule has 2 atom stereocenters. The maximum absolute atomic E-state index is 11.9. The fraction of sp³-hybridized carbons (Fsp3) is 0.188. The summed E-state index contributed by atoms with van der Waals surface area (Å²) in [6, 6.07) is 12.4. The van der Waals surface area contributed by atoms with Crippen LogP contribution in [-0.4, -0.2) is 33.8 Å². The summed E-state index contributed by atoms with van der Waals surface area (Å²) in [5.41, 5.74) is 0.594. The zero-order valence-electron chi connectivity index (χ0n) is 12.6. The zero-order valence-corrected chi connectivity index (χ0v) is 12.6. The first-order valence-electron chi connectivity index (χ1n) is 7.17. The number of nitro groups is 1. The van der Waals surface area contributed by atoms with Crippen molar-refractivity contribution in [2.24, 2.45) is 0 Å². The third-order valence-electron chi connectivity index (χ3n) is 3.35. The van der Waals surface area contributed by atoms with Crippen LogP contribution in [0.5, 0.6) is 0 Å². The molecule has 0 radical (unpaired) electrons. The minimum absolute atomic E-state index is 0.183. The van der Waals surface area contributed by atoms with Gasteiger partial charge in [0, 0.05) is 17.8 Å². The molecule has 0 fully saturated rings. The predicted octanol–water partition coefficient (Wildman–Crippen LogP) is 1.81. The lowest BCUT2D eigenvalue weighted by molar-refractivity contribution is -0.385. The summed E-state index contributed by atoms with van der Waals surface area (Å²) in [5.74, 6) is 0. The number of aliphatic hydroxyl groups is 2. The molecule has 2 aromatic rings. The Morgan fingerprint density at radius 2 is 1.88 bits per heavy atom. The molecule has 0 spiro atoms. The van der Waals surface area contributed by atoms with Crippen LogP contribution in [0.25, 0.3) is 0 Å². The fourth-order valence-corrected chi connectivity index (χ4v) is 2.14. The van der Waals surface area contributed by atoms with Crippen molar-refractivity contribution in [3.05, 3.63) is 70.3 Å². The van der Waals surface area contributed by atoms with Gasteiger partial charge < -0.3 is 20.8 Å². The van der Waals surface area contributed by atoms with E-state index in [4.69, 9.17) is 0 Å². The highest BCUT2D eigenvalue weighted by Gasteiger charge is 2.23. The minimum Gasteiger partial charge on any atom is -0.394 e. The predicted molar refractivity (Wildman–Crippen MR) is 87.5 cm³/mol. The number of hydrogen-bond acceptors (Lipinski definition) is 5. The molecule has 0 heterocycles. The summed E-state index contributed by atoms with van der Waals surface area (Å²) in [7, 11) is 0. The van der Waals surface area contributed by atoms with Crippen molar-refractivity contribution in [1.82, 2.24) is 5.32 Å². The van der Waals surface area contributed by atoms with Gasteiger partial charge in [0.15, 0.2) is 0 Å². The van der Waals surface area contributed by atoms with Crippen LogP contribution in [0.3, 0.4) is 0 Å². The summed E-state index contributed by atoms with van der Waals surface area (Å²) < 4.78 is 0.